The van der Waals surface area contributed by atoms with Crippen molar-refractivity contribution in [3.8, 4) is 0 Å². The highest BCUT2D eigenvalue weighted by Gasteiger charge is 2.10. The van der Waals surface area contributed by atoms with E-state index in [2.05, 4.69) is 46.2 Å². The van der Waals surface area contributed by atoms with Crippen LogP contribution in [-0.2, 0) is 0 Å². The Kier molecular flexibility index (Phi) is 5.01. The molecule has 3 heterocycles. The van der Waals surface area contributed by atoms with Gasteiger partial charge in [0.05, 0.1) is 13.1 Å². The molecule has 0 atom stereocenters. The van der Waals surface area contributed by atoms with Gasteiger partial charge in [-0.25, -0.2) is 0 Å². The number of aromatic nitrogens is 3. The van der Waals surface area contributed by atoms with E-state index in [-0.39, 0.29) is 5.95 Å². The molecule has 6 N–H and O–H groups in total. The van der Waals surface area contributed by atoms with Gasteiger partial charge in [-0.15, -0.1) is 0 Å². The molecular weight excluding hydrogens is 392 g/mol. The van der Waals surface area contributed by atoms with Gasteiger partial charge in [-0.05, 0) is 48.5 Å². The molecule has 2 aliphatic heterocycles. The molecule has 0 saturated carbocycles. The van der Waals surface area contributed by atoms with Crippen LogP contribution in [0.4, 0.5) is 29.2 Å². The third kappa shape index (κ3) is 4.37. The first-order chi connectivity index (χ1) is 15.2. The minimum absolute atomic E-state index is 0.127. The van der Waals surface area contributed by atoms with E-state index in [1.165, 1.54) is 0 Å². The van der Waals surface area contributed by atoms with Crippen LogP contribution in [0.25, 0.3) is 0 Å². The first kappa shape index (κ1) is 18.8. The Hall–Kier alpha value is -4.21. The summed E-state index contributed by atoms with van der Waals surface area (Å²) in [6.07, 6.45) is 0. The van der Waals surface area contributed by atoms with E-state index in [1.54, 1.807) is 0 Å². The Morgan fingerprint density at radius 3 is 1.48 bits per heavy atom. The van der Waals surface area contributed by atoms with Crippen LogP contribution in [0.1, 0.15) is 11.1 Å². The van der Waals surface area contributed by atoms with Crippen molar-refractivity contribution in [1.29, 1.82) is 0 Å². The van der Waals surface area contributed by atoms with Crippen molar-refractivity contribution in [2.24, 2.45) is 9.98 Å². The summed E-state index contributed by atoms with van der Waals surface area (Å²) in [5.41, 5.74) is 9.66. The highest BCUT2D eigenvalue weighted by Crippen LogP contribution is 2.19. The van der Waals surface area contributed by atoms with E-state index in [9.17, 15) is 0 Å². The molecule has 0 radical (unpaired) electrons. The summed E-state index contributed by atoms with van der Waals surface area (Å²) in [6.45, 7) is 3.38. The molecule has 0 amide bonds. The number of anilines is 5. The molecule has 0 bridgehead atoms. The van der Waals surface area contributed by atoms with Gasteiger partial charge < -0.3 is 27.0 Å². The zero-order valence-electron chi connectivity index (χ0n) is 16.8. The molecule has 0 fully saturated rings. The van der Waals surface area contributed by atoms with Crippen LogP contribution in [0.2, 0.25) is 0 Å². The first-order valence-electron chi connectivity index (χ1n) is 10.1. The fourth-order valence-electron chi connectivity index (χ4n) is 3.37. The van der Waals surface area contributed by atoms with Gasteiger partial charge >= 0.3 is 0 Å². The average molecular weight is 414 g/mol. The van der Waals surface area contributed by atoms with E-state index >= 15 is 0 Å². The van der Waals surface area contributed by atoms with E-state index in [1.807, 2.05) is 48.5 Å². The van der Waals surface area contributed by atoms with Gasteiger partial charge in [-0.3, -0.25) is 9.98 Å². The average Bonchev–Trinajstić information content (AvgIpc) is 3.49. The molecule has 10 nitrogen and oxygen atoms in total. The van der Waals surface area contributed by atoms with E-state index in [0.29, 0.717) is 11.9 Å². The summed E-state index contributed by atoms with van der Waals surface area (Å²) in [6, 6.07) is 15.8. The van der Waals surface area contributed by atoms with Crippen LogP contribution in [0.5, 0.6) is 0 Å². The Labute approximate surface area is 179 Å². The summed E-state index contributed by atoms with van der Waals surface area (Å²) in [4.78, 5) is 21.6. The zero-order chi connectivity index (χ0) is 21.0. The third-order valence-electron chi connectivity index (χ3n) is 4.83. The molecule has 156 valence electrons. The molecule has 10 heteroatoms. The standard InChI is InChI=1S/C21H22N10/c22-19-29-20(27-15-5-1-13(2-6-15)17-23-9-10-24-17)31-21(30-19)28-16-7-3-14(4-8-16)18-25-11-12-26-18/h1-8H,9-12H2,(H,23,24)(H,25,26)(H4,22,27,28,29,30,31). The SMILES string of the molecule is Nc1nc(Nc2ccc(C3=NCCN3)cc2)nc(Nc2ccc(C3=NCCN3)cc2)n1. The lowest BCUT2D eigenvalue weighted by Crippen LogP contribution is -2.19. The van der Waals surface area contributed by atoms with Crippen LogP contribution in [0.3, 0.4) is 0 Å². The Balaban J connectivity index is 1.28. The number of aliphatic imine (C=N–C) groups is 2. The quantitative estimate of drug-likeness (QED) is 0.410. The van der Waals surface area contributed by atoms with E-state index in [0.717, 1.165) is 60.4 Å². The summed E-state index contributed by atoms with van der Waals surface area (Å²) in [5, 5.41) is 12.9. The molecule has 0 aliphatic carbocycles. The maximum Gasteiger partial charge on any atom is 0.233 e. The molecular formula is C21H22N10. The van der Waals surface area contributed by atoms with Crippen molar-refractivity contribution in [3.63, 3.8) is 0 Å². The van der Waals surface area contributed by atoms with Crippen LogP contribution in [-0.4, -0.2) is 52.8 Å². The van der Waals surface area contributed by atoms with Crippen molar-refractivity contribution in [3.05, 3.63) is 59.7 Å². The Morgan fingerprint density at radius 1 is 0.645 bits per heavy atom. The highest BCUT2D eigenvalue weighted by atomic mass is 15.2. The molecule has 0 spiro atoms. The van der Waals surface area contributed by atoms with Crippen molar-refractivity contribution in [2.75, 3.05) is 42.5 Å². The Morgan fingerprint density at radius 2 is 1.10 bits per heavy atom. The lowest BCUT2D eigenvalue weighted by Gasteiger charge is -2.10. The van der Waals surface area contributed by atoms with Gasteiger partial charge in [-0.1, -0.05) is 0 Å². The fraction of sp³-hybridized carbons (Fsp3) is 0.190. The predicted octanol–water partition coefficient (Wildman–Crippen LogP) is 1.64. The zero-order valence-corrected chi connectivity index (χ0v) is 16.8. The molecule has 3 aromatic rings. The fourth-order valence-corrected chi connectivity index (χ4v) is 3.37. The number of amidine groups is 2. The number of nitrogens with zero attached hydrogens (tertiary/aromatic N) is 5. The maximum absolute atomic E-state index is 5.89. The van der Waals surface area contributed by atoms with Crippen LogP contribution < -0.4 is 27.0 Å². The maximum atomic E-state index is 5.89. The van der Waals surface area contributed by atoms with Gasteiger partial charge in [0, 0.05) is 35.6 Å². The van der Waals surface area contributed by atoms with Gasteiger partial charge in [0.25, 0.3) is 0 Å². The first-order valence-corrected chi connectivity index (χ1v) is 10.1. The number of rotatable bonds is 6. The van der Waals surface area contributed by atoms with Crippen molar-refractivity contribution in [1.82, 2.24) is 25.6 Å². The van der Waals surface area contributed by atoms with E-state index < -0.39 is 0 Å². The van der Waals surface area contributed by atoms with Gasteiger partial charge in [0.1, 0.15) is 11.7 Å². The second kappa shape index (κ2) is 8.27. The number of benzene rings is 2. The highest BCUT2D eigenvalue weighted by molar-refractivity contribution is 6.00. The van der Waals surface area contributed by atoms with Gasteiger partial charge in [-0.2, -0.15) is 15.0 Å². The predicted molar refractivity (Wildman–Crippen MR) is 123 cm³/mol. The third-order valence-corrected chi connectivity index (χ3v) is 4.83. The summed E-state index contributed by atoms with van der Waals surface area (Å²) < 4.78 is 0. The topological polar surface area (TPSA) is 138 Å². The minimum Gasteiger partial charge on any atom is -0.368 e. The van der Waals surface area contributed by atoms with Gasteiger partial charge in [0.2, 0.25) is 17.8 Å². The van der Waals surface area contributed by atoms with Crippen molar-refractivity contribution >= 4 is 40.9 Å². The van der Waals surface area contributed by atoms with Crippen LogP contribution >= 0.6 is 0 Å². The molecule has 0 unspecified atom stereocenters. The van der Waals surface area contributed by atoms with Gasteiger partial charge in [0.15, 0.2) is 0 Å². The molecule has 5 rings (SSSR count). The second-order valence-electron chi connectivity index (χ2n) is 7.06. The smallest absolute Gasteiger partial charge is 0.233 e. The normalized spacial score (nSPS) is 15.0. The number of hydrogen-bond acceptors (Lipinski definition) is 10. The molecule has 2 aliphatic rings. The largest absolute Gasteiger partial charge is 0.368 e. The molecule has 31 heavy (non-hydrogen) atoms. The molecule has 2 aromatic carbocycles. The lowest BCUT2D eigenvalue weighted by atomic mass is 10.2. The molecule has 0 saturated heterocycles. The van der Waals surface area contributed by atoms with Crippen LogP contribution in [0.15, 0.2) is 58.5 Å². The lowest BCUT2D eigenvalue weighted by molar-refractivity contribution is 0.960. The van der Waals surface area contributed by atoms with Crippen molar-refractivity contribution < 1.29 is 0 Å². The number of hydrogen-bond donors (Lipinski definition) is 5. The minimum atomic E-state index is 0.127. The Bertz CT molecular complexity index is 1050. The van der Waals surface area contributed by atoms with E-state index in [4.69, 9.17) is 5.73 Å². The monoisotopic (exact) mass is 414 g/mol. The van der Waals surface area contributed by atoms with Crippen LogP contribution in [0, 0.1) is 0 Å². The number of nitrogens with two attached hydrogens (primary N) is 1. The van der Waals surface area contributed by atoms with Crippen molar-refractivity contribution in [2.45, 2.75) is 0 Å². The summed E-state index contributed by atoms with van der Waals surface area (Å²) in [7, 11) is 0. The summed E-state index contributed by atoms with van der Waals surface area (Å²) >= 11 is 0. The summed E-state index contributed by atoms with van der Waals surface area (Å²) in [5.74, 6) is 2.69. The second-order valence-corrected chi connectivity index (χ2v) is 7.06. The number of nitrogen functional groups attached to an aromatic ring is 1. The molecule has 1 aromatic heterocycles. The number of nitrogens with one attached hydrogen (secondary N) is 4.